The smallest absolute Gasteiger partial charge is 0.466 e. The summed E-state index contributed by atoms with van der Waals surface area (Å²) in [5.41, 5.74) is -0.299. The predicted molar refractivity (Wildman–Crippen MR) is 89.1 cm³/mol. The number of benzene rings is 1. The van der Waals surface area contributed by atoms with Crippen LogP contribution in [-0.4, -0.2) is 36.5 Å². The monoisotopic (exact) mass is 340 g/mol. The molecule has 1 aliphatic heterocycles. The number of methoxy groups -OCH3 is 1. The molecule has 1 aromatic rings. The molecule has 0 spiro atoms. The highest BCUT2D eigenvalue weighted by molar-refractivity contribution is 6.48. The summed E-state index contributed by atoms with van der Waals surface area (Å²) < 4.78 is 17.2. The average molecular weight is 341 g/mol. The van der Waals surface area contributed by atoms with Crippen molar-refractivity contribution < 1.29 is 23.9 Å². The maximum absolute atomic E-state index is 11.3. The Balaban J connectivity index is 2.35. The minimum absolute atomic E-state index is 0.112. The Labute approximate surface area is 142 Å². The van der Waals surface area contributed by atoms with Gasteiger partial charge in [-0.25, -0.2) is 0 Å². The topological polar surface area (TPSA) is 65.0 Å². The van der Waals surface area contributed by atoms with E-state index in [-0.39, 0.29) is 6.42 Å². The van der Waals surface area contributed by atoms with Crippen LogP contribution in [0.4, 0.5) is 0 Å². The quantitative estimate of drug-likeness (QED) is 0.831. The van der Waals surface area contributed by atoms with Gasteiger partial charge in [0.1, 0.15) is 5.75 Å². The number of hydrogen-bond acceptors (Lipinski definition) is 4. The molecule has 5 nitrogen and oxygen atoms in total. The zero-order valence-electron chi connectivity index (χ0n) is 14.1. The van der Waals surface area contributed by atoms with Crippen LogP contribution in [0.25, 0.3) is 0 Å². The number of carbonyl (C=O) groups is 1. The first kappa shape index (κ1) is 18.1. The molecule has 2 rings (SSSR count). The highest BCUT2D eigenvalue weighted by Gasteiger charge is 2.54. The van der Waals surface area contributed by atoms with Crippen molar-refractivity contribution >= 4 is 24.7 Å². The molecule has 0 amide bonds. The molecule has 1 aromatic carbocycles. The fourth-order valence-electron chi connectivity index (χ4n) is 2.53. The first-order valence-electron chi connectivity index (χ1n) is 7.48. The zero-order chi connectivity index (χ0) is 17.4. The van der Waals surface area contributed by atoms with Gasteiger partial charge in [-0.15, -0.1) is 0 Å². The van der Waals surface area contributed by atoms with Crippen LogP contribution in [0.5, 0.6) is 5.75 Å². The molecule has 1 N–H and O–H groups in total. The van der Waals surface area contributed by atoms with Crippen molar-refractivity contribution in [1.29, 1.82) is 0 Å². The molecule has 1 saturated heterocycles. The van der Waals surface area contributed by atoms with Crippen LogP contribution in [0.2, 0.25) is 5.02 Å². The highest BCUT2D eigenvalue weighted by atomic mass is 35.5. The summed E-state index contributed by atoms with van der Waals surface area (Å²) in [6, 6.07) is 5.22. The summed E-state index contributed by atoms with van der Waals surface area (Å²) in [5.74, 6) is -0.841. The lowest BCUT2D eigenvalue weighted by Gasteiger charge is -2.32. The second-order valence-corrected chi connectivity index (χ2v) is 7.13. The van der Waals surface area contributed by atoms with Gasteiger partial charge < -0.3 is 19.2 Å². The van der Waals surface area contributed by atoms with E-state index in [0.29, 0.717) is 10.8 Å². The second kappa shape index (κ2) is 6.34. The number of aliphatic carboxylic acids is 1. The maximum Gasteiger partial charge on any atom is 0.466 e. The van der Waals surface area contributed by atoms with E-state index in [0.717, 1.165) is 5.56 Å². The molecular weight excluding hydrogens is 318 g/mol. The van der Waals surface area contributed by atoms with Crippen molar-refractivity contribution in [2.45, 2.75) is 51.1 Å². The van der Waals surface area contributed by atoms with Gasteiger partial charge in [0.25, 0.3) is 0 Å². The van der Waals surface area contributed by atoms with Gasteiger partial charge in [0.2, 0.25) is 0 Å². The fraction of sp³-hybridized carbons (Fsp3) is 0.562. The van der Waals surface area contributed by atoms with E-state index in [1.807, 2.05) is 27.7 Å². The third kappa shape index (κ3) is 3.65. The molecule has 126 valence electrons. The average Bonchev–Trinajstić information content (AvgIpc) is 2.64. The van der Waals surface area contributed by atoms with Crippen LogP contribution in [0.15, 0.2) is 18.2 Å². The van der Waals surface area contributed by atoms with Crippen LogP contribution in [0.3, 0.4) is 0 Å². The van der Waals surface area contributed by atoms with E-state index in [9.17, 15) is 9.90 Å². The van der Waals surface area contributed by atoms with E-state index in [1.165, 1.54) is 7.11 Å². The Kier molecular flexibility index (Phi) is 4.99. The van der Waals surface area contributed by atoms with E-state index in [2.05, 4.69) is 0 Å². The molecule has 1 atom stereocenters. The van der Waals surface area contributed by atoms with Gasteiger partial charge in [-0.2, -0.15) is 0 Å². The van der Waals surface area contributed by atoms with Crippen molar-refractivity contribution in [2.75, 3.05) is 7.11 Å². The van der Waals surface area contributed by atoms with Crippen LogP contribution < -0.4 is 4.74 Å². The van der Waals surface area contributed by atoms with Gasteiger partial charge in [-0.05, 0) is 45.4 Å². The second-order valence-electron chi connectivity index (χ2n) is 6.72. The zero-order valence-corrected chi connectivity index (χ0v) is 14.8. The van der Waals surface area contributed by atoms with Gasteiger partial charge >= 0.3 is 13.1 Å². The Bertz CT molecular complexity index is 586. The summed E-state index contributed by atoms with van der Waals surface area (Å²) in [6.45, 7) is 7.75. The third-order valence-electron chi connectivity index (χ3n) is 4.60. The van der Waals surface area contributed by atoms with E-state index in [4.69, 9.17) is 25.6 Å². The largest absolute Gasteiger partial charge is 0.495 e. The fourth-order valence-corrected chi connectivity index (χ4v) is 2.79. The van der Waals surface area contributed by atoms with Crippen molar-refractivity contribution in [3.05, 3.63) is 28.8 Å². The van der Waals surface area contributed by atoms with Crippen LogP contribution in [0.1, 0.15) is 45.5 Å². The third-order valence-corrected chi connectivity index (χ3v) is 4.89. The van der Waals surface area contributed by atoms with E-state index >= 15 is 0 Å². The number of carboxylic acids is 1. The Morgan fingerprint density at radius 3 is 2.30 bits per heavy atom. The molecule has 23 heavy (non-hydrogen) atoms. The molecule has 0 saturated carbocycles. The van der Waals surface area contributed by atoms with Crippen molar-refractivity contribution in [1.82, 2.24) is 0 Å². The van der Waals surface area contributed by atoms with Gasteiger partial charge in [-0.1, -0.05) is 17.7 Å². The summed E-state index contributed by atoms with van der Waals surface area (Å²) in [7, 11) is 0.879. The molecule has 1 unspecified atom stereocenters. The molecule has 0 radical (unpaired) electrons. The van der Waals surface area contributed by atoms with E-state index < -0.39 is 30.1 Å². The van der Waals surface area contributed by atoms with Crippen molar-refractivity contribution in [2.24, 2.45) is 0 Å². The molecule has 1 aliphatic rings. The van der Waals surface area contributed by atoms with Crippen molar-refractivity contribution in [3.8, 4) is 5.75 Å². The molecule has 0 aliphatic carbocycles. The standard InChI is InChI=1S/C16H22BClO5/c1-15(2)16(3,4)23-17(22-15)11(9-14(19)20)10-6-7-13(21-5)12(18)8-10/h6-8,11H,9H2,1-5H3,(H,19,20). The number of halogens is 1. The van der Waals surface area contributed by atoms with Crippen LogP contribution >= 0.6 is 11.6 Å². The molecule has 7 heteroatoms. The van der Waals surface area contributed by atoms with Gasteiger partial charge in [0.15, 0.2) is 0 Å². The molecule has 1 heterocycles. The first-order chi connectivity index (χ1) is 10.6. The van der Waals surface area contributed by atoms with Crippen LogP contribution in [0, 0.1) is 0 Å². The molecule has 0 aromatic heterocycles. The maximum atomic E-state index is 11.3. The minimum Gasteiger partial charge on any atom is -0.495 e. The lowest BCUT2D eigenvalue weighted by atomic mass is 9.66. The molecule has 0 bridgehead atoms. The lowest BCUT2D eigenvalue weighted by molar-refractivity contribution is -0.137. The van der Waals surface area contributed by atoms with E-state index in [1.54, 1.807) is 18.2 Å². The van der Waals surface area contributed by atoms with Gasteiger partial charge in [-0.3, -0.25) is 4.79 Å². The number of rotatable bonds is 5. The minimum atomic E-state index is -0.920. The molecule has 1 fully saturated rings. The Morgan fingerprint density at radius 1 is 1.30 bits per heavy atom. The summed E-state index contributed by atoms with van der Waals surface area (Å²) >= 11 is 6.17. The first-order valence-corrected chi connectivity index (χ1v) is 7.86. The van der Waals surface area contributed by atoms with Gasteiger partial charge in [0, 0.05) is 5.82 Å². The Hall–Kier alpha value is -1.24. The normalized spacial score (nSPS) is 20.3. The lowest BCUT2D eigenvalue weighted by Crippen LogP contribution is -2.41. The molecular formula is C16H22BClO5. The number of ether oxygens (including phenoxy) is 1. The summed E-state index contributed by atoms with van der Waals surface area (Å²) in [5, 5.41) is 9.69. The number of carboxylic acid groups (broad SMARTS) is 1. The summed E-state index contributed by atoms with van der Waals surface area (Å²) in [6.07, 6.45) is -0.112. The SMILES string of the molecule is COc1ccc(C(CC(=O)O)B2OC(C)(C)C(C)(C)O2)cc1Cl. The van der Waals surface area contributed by atoms with Gasteiger partial charge in [0.05, 0.1) is 29.8 Å². The summed E-state index contributed by atoms with van der Waals surface area (Å²) in [4.78, 5) is 11.3. The van der Waals surface area contributed by atoms with Crippen LogP contribution in [-0.2, 0) is 14.1 Å². The Morgan fingerprint density at radius 2 is 1.87 bits per heavy atom. The predicted octanol–water partition coefficient (Wildman–Crippen LogP) is 3.54. The highest BCUT2D eigenvalue weighted by Crippen LogP contribution is 2.42. The number of hydrogen-bond donors (Lipinski definition) is 1. The van der Waals surface area contributed by atoms with Crippen molar-refractivity contribution in [3.63, 3.8) is 0 Å².